The predicted molar refractivity (Wildman–Crippen MR) is 84.6 cm³/mol. The van der Waals surface area contributed by atoms with Gasteiger partial charge >= 0.3 is 0 Å². The lowest BCUT2D eigenvalue weighted by molar-refractivity contribution is 0.669. The van der Waals surface area contributed by atoms with E-state index in [1.807, 2.05) is 18.2 Å². The van der Waals surface area contributed by atoms with Gasteiger partial charge in [-0.25, -0.2) is 0 Å². The first-order chi connectivity index (χ1) is 9.92. The van der Waals surface area contributed by atoms with Crippen LogP contribution in [0, 0.1) is 0 Å². The lowest BCUT2D eigenvalue weighted by Gasteiger charge is -2.01. The normalized spacial score (nSPS) is 14.7. The Morgan fingerprint density at radius 2 is 1.75 bits per heavy atom. The molecule has 96 valence electrons. The fourth-order valence-electron chi connectivity index (χ4n) is 2.68. The van der Waals surface area contributed by atoms with Crippen molar-refractivity contribution < 1.29 is 4.42 Å². The Bertz CT molecular complexity index is 875. The van der Waals surface area contributed by atoms with Crippen LogP contribution in [0.1, 0.15) is 12.0 Å². The van der Waals surface area contributed by atoms with Gasteiger partial charge in [0.25, 0.3) is 0 Å². The molecule has 0 radical (unpaired) electrons. The zero-order valence-corrected chi connectivity index (χ0v) is 11.0. The number of hydrogen-bond acceptors (Lipinski definition) is 1. The summed E-state index contributed by atoms with van der Waals surface area (Å²) in [7, 11) is 0. The highest BCUT2D eigenvalue weighted by Crippen LogP contribution is 2.31. The maximum atomic E-state index is 5.95. The molecule has 1 aromatic heterocycles. The standard InChI is InChI=1S/C19H14O/c1-2-4-8-14(7-3-1)15-11-12-17-16-9-5-6-10-18(16)20-19(17)13-15/h1,3-13H,2H2. The third-order valence-electron chi connectivity index (χ3n) is 3.69. The first kappa shape index (κ1) is 11.3. The lowest BCUT2D eigenvalue weighted by atomic mass is 10.0. The maximum Gasteiger partial charge on any atom is 0.136 e. The van der Waals surface area contributed by atoms with E-state index in [0.29, 0.717) is 0 Å². The van der Waals surface area contributed by atoms with Gasteiger partial charge in [0, 0.05) is 10.8 Å². The van der Waals surface area contributed by atoms with Crippen molar-refractivity contribution in [2.75, 3.05) is 0 Å². The highest BCUT2D eigenvalue weighted by molar-refractivity contribution is 6.05. The zero-order chi connectivity index (χ0) is 13.4. The molecule has 1 nitrogen and oxygen atoms in total. The molecule has 1 aliphatic carbocycles. The molecule has 1 aliphatic rings. The first-order valence-electron chi connectivity index (χ1n) is 6.87. The number of benzene rings is 2. The predicted octanol–water partition coefficient (Wildman–Crippen LogP) is 5.49. The zero-order valence-electron chi connectivity index (χ0n) is 11.0. The van der Waals surface area contributed by atoms with Crippen LogP contribution in [0.3, 0.4) is 0 Å². The summed E-state index contributed by atoms with van der Waals surface area (Å²) in [5.74, 6) is 0. The summed E-state index contributed by atoms with van der Waals surface area (Å²) in [5.41, 5.74) is 4.32. The van der Waals surface area contributed by atoms with Gasteiger partial charge in [0.15, 0.2) is 0 Å². The van der Waals surface area contributed by atoms with Crippen molar-refractivity contribution in [3.05, 3.63) is 78.4 Å². The topological polar surface area (TPSA) is 13.1 Å². The van der Waals surface area contributed by atoms with Crippen LogP contribution in [0.4, 0.5) is 0 Å². The van der Waals surface area contributed by atoms with Crippen molar-refractivity contribution in [1.29, 1.82) is 0 Å². The quantitative estimate of drug-likeness (QED) is 0.563. The summed E-state index contributed by atoms with van der Waals surface area (Å²) < 4.78 is 5.95. The van der Waals surface area contributed by atoms with E-state index in [4.69, 9.17) is 4.42 Å². The van der Waals surface area contributed by atoms with Crippen LogP contribution in [0.5, 0.6) is 0 Å². The molecule has 0 bridgehead atoms. The average Bonchev–Trinajstić information content (AvgIpc) is 2.67. The first-order valence-corrected chi connectivity index (χ1v) is 6.87. The van der Waals surface area contributed by atoms with E-state index >= 15 is 0 Å². The van der Waals surface area contributed by atoms with Crippen LogP contribution in [0.2, 0.25) is 0 Å². The van der Waals surface area contributed by atoms with Gasteiger partial charge < -0.3 is 4.42 Å². The number of allylic oxidation sites excluding steroid dienone is 6. The third kappa shape index (κ3) is 1.79. The largest absolute Gasteiger partial charge is 0.456 e. The van der Waals surface area contributed by atoms with Crippen LogP contribution in [-0.4, -0.2) is 0 Å². The van der Waals surface area contributed by atoms with Gasteiger partial charge in [-0.2, -0.15) is 0 Å². The van der Waals surface area contributed by atoms with Gasteiger partial charge in [0.2, 0.25) is 0 Å². The molecular weight excluding hydrogens is 244 g/mol. The molecule has 0 fully saturated rings. The second-order valence-corrected chi connectivity index (χ2v) is 5.00. The number of fused-ring (bicyclic) bond motifs is 3. The minimum Gasteiger partial charge on any atom is -0.456 e. The molecule has 0 aliphatic heterocycles. The van der Waals surface area contributed by atoms with E-state index in [1.54, 1.807) is 0 Å². The minimum atomic E-state index is 0.949. The Kier molecular flexibility index (Phi) is 2.56. The van der Waals surface area contributed by atoms with E-state index in [1.165, 1.54) is 21.9 Å². The fourth-order valence-corrected chi connectivity index (χ4v) is 2.68. The molecule has 0 amide bonds. The molecule has 3 aromatic rings. The molecule has 4 rings (SSSR count). The van der Waals surface area contributed by atoms with Gasteiger partial charge in [0.05, 0.1) is 0 Å². The van der Waals surface area contributed by atoms with Crippen LogP contribution in [0.25, 0.3) is 27.5 Å². The van der Waals surface area contributed by atoms with Crippen molar-refractivity contribution in [2.24, 2.45) is 0 Å². The van der Waals surface area contributed by atoms with E-state index in [2.05, 4.69) is 54.6 Å². The summed E-state index contributed by atoms with van der Waals surface area (Å²) in [5, 5.41) is 2.36. The summed E-state index contributed by atoms with van der Waals surface area (Å²) in [6, 6.07) is 14.6. The van der Waals surface area contributed by atoms with Crippen molar-refractivity contribution >= 4 is 27.5 Å². The molecule has 2 aromatic carbocycles. The molecule has 1 heteroatoms. The molecule has 0 saturated carbocycles. The Balaban J connectivity index is 1.93. The summed E-state index contributed by atoms with van der Waals surface area (Å²) >= 11 is 0. The number of hydrogen-bond donors (Lipinski definition) is 0. The van der Waals surface area contributed by atoms with Crippen molar-refractivity contribution in [1.82, 2.24) is 0 Å². The summed E-state index contributed by atoms with van der Waals surface area (Å²) in [6.45, 7) is 0. The monoisotopic (exact) mass is 258 g/mol. The summed E-state index contributed by atoms with van der Waals surface area (Å²) in [4.78, 5) is 0. The van der Waals surface area contributed by atoms with Gasteiger partial charge in [-0.3, -0.25) is 0 Å². The van der Waals surface area contributed by atoms with E-state index < -0.39 is 0 Å². The van der Waals surface area contributed by atoms with Crippen molar-refractivity contribution in [3.8, 4) is 0 Å². The Hall–Kier alpha value is -2.54. The Morgan fingerprint density at radius 3 is 2.75 bits per heavy atom. The van der Waals surface area contributed by atoms with E-state index in [0.717, 1.165) is 17.6 Å². The summed E-state index contributed by atoms with van der Waals surface area (Å²) in [6.07, 6.45) is 11.8. The molecule has 20 heavy (non-hydrogen) atoms. The fraction of sp³-hybridized carbons (Fsp3) is 0.0526. The molecule has 0 N–H and O–H groups in total. The Labute approximate surface area is 117 Å². The molecular formula is C19H14O. The number of furan rings is 1. The van der Waals surface area contributed by atoms with Gasteiger partial charge in [-0.05, 0) is 35.8 Å². The van der Waals surface area contributed by atoms with Crippen molar-refractivity contribution in [2.45, 2.75) is 6.42 Å². The Morgan fingerprint density at radius 1 is 0.850 bits per heavy atom. The van der Waals surface area contributed by atoms with Crippen molar-refractivity contribution in [3.63, 3.8) is 0 Å². The van der Waals surface area contributed by atoms with Crippen LogP contribution in [-0.2, 0) is 0 Å². The third-order valence-corrected chi connectivity index (χ3v) is 3.69. The van der Waals surface area contributed by atoms with Crippen LogP contribution < -0.4 is 0 Å². The van der Waals surface area contributed by atoms with E-state index in [-0.39, 0.29) is 0 Å². The molecule has 0 unspecified atom stereocenters. The highest BCUT2D eigenvalue weighted by atomic mass is 16.3. The van der Waals surface area contributed by atoms with Gasteiger partial charge in [-0.15, -0.1) is 0 Å². The SMILES string of the molecule is C1=CCC=CC(c2ccc3c(c2)oc2ccccc23)=C1. The average molecular weight is 258 g/mol. The second-order valence-electron chi connectivity index (χ2n) is 5.00. The van der Waals surface area contributed by atoms with Crippen LogP contribution in [0.15, 0.2) is 77.3 Å². The molecule has 0 saturated heterocycles. The van der Waals surface area contributed by atoms with Gasteiger partial charge in [0.1, 0.15) is 11.2 Å². The maximum absolute atomic E-state index is 5.95. The lowest BCUT2D eigenvalue weighted by Crippen LogP contribution is -1.79. The van der Waals surface area contributed by atoms with Crippen LogP contribution >= 0.6 is 0 Å². The second kappa shape index (κ2) is 4.53. The van der Waals surface area contributed by atoms with E-state index in [9.17, 15) is 0 Å². The highest BCUT2D eigenvalue weighted by Gasteiger charge is 2.08. The molecule has 0 atom stereocenters. The number of para-hydroxylation sites is 1. The molecule has 0 spiro atoms. The molecule has 1 heterocycles. The van der Waals surface area contributed by atoms with Gasteiger partial charge in [-0.1, -0.05) is 54.6 Å². The number of rotatable bonds is 1. The minimum absolute atomic E-state index is 0.949. The smallest absolute Gasteiger partial charge is 0.136 e.